The van der Waals surface area contributed by atoms with Crippen LogP contribution in [0, 0.1) is 0 Å². The van der Waals surface area contributed by atoms with Crippen LogP contribution in [0.25, 0.3) is 0 Å². The van der Waals surface area contributed by atoms with Gasteiger partial charge in [-0.05, 0) is 42.3 Å². The van der Waals surface area contributed by atoms with Crippen LogP contribution in [0.5, 0.6) is 11.5 Å². The fourth-order valence-electron chi connectivity index (χ4n) is 2.92. The molecule has 1 atom stereocenters. The molecule has 2 heterocycles. The molecule has 1 N–H and O–H groups in total. The smallest absolute Gasteiger partial charge is 0.226 e. The molecule has 7 heteroatoms. The Balaban J connectivity index is 1.60. The Morgan fingerprint density at radius 1 is 1.13 bits per heavy atom. The first-order valence-corrected chi connectivity index (χ1v) is 10.8. The standard InChI is InChI=1S/C23H27N3O3S/c1-15(2)23-26-19(14-30-23)12-22(27)25-16(3)18-5-6-20(21(11-18)28-4)29-13-17-7-9-24-10-8-17/h5-11,14-16H,12-13H2,1-4H3,(H,25,27). The number of nitrogens with zero attached hydrogens (tertiary/aromatic N) is 2. The summed E-state index contributed by atoms with van der Waals surface area (Å²) in [7, 11) is 1.61. The second-order valence-corrected chi connectivity index (χ2v) is 8.24. The SMILES string of the molecule is COc1cc(C(C)NC(=O)Cc2csc(C(C)C)n2)ccc1OCc1ccncc1. The summed E-state index contributed by atoms with van der Waals surface area (Å²) in [6.07, 6.45) is 3.75. The molecule has 0 bridgehead atoms. The lowest BCUT2D eigenvalue weighted by Gasteiger charge is -2.17. The van der Waals surface area contributed by atoms with E-state index in [1.165, 1.54) is 0 Å². The van der Waals surface area contributed by atoms with Crippen molar-refractivity contribution in [3.63, 3.8) is 0 Å². The number of hydrogen-bond acceptors (Lipinski definition) is 6. The van der Waals surface area contributed by atoms with Crippen LogP contribution >= 0.6 is 11.3 Å². The summed E-state index contributed by atoms with van der Waals surface area (Å²) < 4.78 is 11.4. The summed E-state index contributed by atoms with van der Waals surface area (Å²) in [5, 5.41) is 6.04. The number of benzene rings is 1. The summed E-state index contributed by atoms with van der Waals surface area (Å²) in [4.78, 5) is 21.0. The van der Waals surface area contributed by atoms with E-state index in [4.69, 9.17) is 9.47 Å². The topological polar surface area (TPSA) is 73.3 Å². The van der Waals surface area contributed by atoms with Gasteiger partial charge < -0.3 is 14.8 Å². The van der Waals surface area contributed by atoms with Crippen LogP contribution in [0.1, 0.15) is 54.6 Å². The minimum atomic E-state index is -0.163. The fraction of sp³-hybridized carbons (Fsp3) is 0.348. The van der Waals surface area contributed by atoms with Crippen LogP contribution in [0.4, 0.5) is 0 Å². The summed E-state index contributed by atoms with van der Waals surface area (Å²) in [6.45, 7) is 6.58. The molecule has 0 aliphatic carbocycles. The Morgan fingerprint density at radius 3 is 2.57 bits per heavy atom. The Hall–Kier alpha value is -2.93. The summed E-state index contributed by atoms with van der Waals surface area (Å²) >= 11 is 1.60. The maximum absolute atomic E-state index is 12.4. The van der Waals surface area contributed by atoms with Gasteiger partial charge in [0.1, 0.15) is 6.61 Å². The van der Waals surface area contributed by atoms with Gasteiger partial charge >= 0.3 is 0 Å². The average molecular weight is 426 g/mol. The number of hydrogen-bond donors (Lipinski definition) is 1. The van der Waals surface area contributed by atoms with E-state index in [9.17, 15) is 4.79 Å². The minimum Gasteiger partial charge on any atom is -0.493 e. The molecule has 1 aromatic carbocycles. The van der Waals surface area contributed by atoms with Crippen molar-refractivity contribution in [3.8, 4) is 11.5 Å². The number of pyridine rings is 1. The van der Waals surface area contributed by atoms with E-state index in [0.29, 0.717) is 24.0 Å². The van der Waals surface area contributed by atoms with E-state index in [0.717, 1.165) is 21.8 Å². The number of carbonyl (C=O) groups is 1. The molecule has 158 valence electrons. The second kappa shape index (κ2) is 10.2. The van der Waals surface area contributed by atoms with Crippen molar-refractivity contribution in [2.24, 2.45) is 0 Å². The van der Waals surface area contributed by atoms with Crippen molar-refractivity contribution >= 4 is 17.2 Å². The van der Waals surface area contributed by atoms with Crippen LogP contribution in [0.3, 0.4) is 0 Å². The molecular weight excluding hydrogens is 398 g/mol. The third kappa shape index (κ3) is 5.79. The largest absolute Gasteiger partial charge is 0.493 e. The molecule has 0 saturated carbocycles. The highest BCUT2D eigenvalue weighted by molar-refractivity contribution is 7.09. The molecule has 30 heavy (non-hydrogen) atoms. The Kier molecular flexibility index (Phi) is 7.41. The zero-order chi connectivity index (χ0) is 21.5. The number of amides is 1. The fourth-order valence-corrected chi connectivity index (χ4v) is 3.76. The first-order valence-electron chi connectivity index (χ1n) is 9.89. The van der Waals surface area contributed by atoms with Gasteiger partial charge in [-0.15, -0.1) is 11.3 Å². The van der Waals surface area contributed by atoms with E-state index in [-0.39, 0.29) is 18.4 Å². The molecule has 0 aliphatic rings. The number of methoxy groups -OCH3 is 1. The monoisotopic (exact) mass is 425 g/mol. The number of carbonyl (C=O) groups excluding carboxylic acids is 1. The predicted octanol–water partition coefficient (Wildman–Crippen LogP) is 4.67. The molecule has 3 aromatic rings. The van der Waals surface area contributed by atoms with Gasteiger partial charge in [0.05, 0.1) is 30.3 Å². The van der Waals surface area contributed by atoms with Gasteiger partial charge in [-0.2, -0.15) is 0 Å². The van der Waals surface area contributed by atoms with Gasteiger partial charge in [-0.25, -0.2) is 4.98 Å². The molecular formula is C23H27N3O3S. The first-order chi connectivity index (χ1) is 14.5. The molecule has 1 unspecified atom stereocenters. The minimum absolute atomic E-state index is 0.0555. The van der Waals surface area contributed by atoms with Gasteiger partial charge in [0.15, 0.2) is 11.5 Å². The lowest BCUT2D eigenvalue weighted by atomic mass is 10.1. The summed E-state index contributed by atoms with van der Waals surface area (Å²) in [6, 6.07) is 9.36. The van der Waals surface area contributed by atoms with Crippen molar-refractivity contribution in [3.05, 3.63) is 69.9 Å². The lowest BCUT2D eigenvalue weighted by Crippen LogP contribution is -2.28. The molecule has 0 spiro atoms. The van der Waals surface area contributed by atoms with Crippen molar-refractivity contribution in [2.75, 3.05) is 7.11 Å². The van der Waals surface area contributed by atoms with Gasteiger partial charge in [0.25, 0.3) is 0 Å². The molecule has 0 radical (unpaired) electrons. The molecule has 0 fully saturated rings. The highest BCUT2D eigenvalue weighted by atomic mass is 32.1. The first kappa shape index (κ1) is 21.8. The highest BCUT2D eigenvalue weighted by Crippen LogP contribution is 2.31. The Labute approximate surface area is 181 Å². The molecule has 3 rings (SSSR count). The van der Waals surface area contributed by atoms with Crippen LogP contribution in [0.15, 0.2) is 48.1 Å². The Morgan fingerprint density at radius 2 is 1.90 bits per heavy atom. The van der Waals surface area contributed by atoms with Crippen LogP contribution in [-0.2, 0) is 17.8 Å². The van der Waals surface area contributed by atoms with Crippen molar-refractivity contribution in [1.82, 2.24) is 15.3 Å². The maximum atomic E-state index is 12.4. The number of thiazole rings is 1. The van der Waals surface area contributed by atoms with Crippen LogP contribution < -0.4 is 14.8 Å². The zero-order valence-corrected chi connectivity index (χ0v) is 18.5. The average Bonchev–Trinajstić information content (AvgIpc) is 3.21. The van der Waals surface area contributed by atoms with E-state index in [1.54, 1.807) is 30.8 Å². The van der Waals surface area contributed by atoms with E-state index in [2.05, 4.69) is 29.1 Å². The quantitative estimate of drug-likeness (QED) is 0.539. The van der Waals surface area contributed by atoms with E-state index < -0.39 is 0 Å². The number of nitrogens with one attached hydrogen (secondary N) is 1. The molecule has 1 amide bonds. The van der Waals surface area contributed by atoms with Crippen LogP contribution in [0.2, 0.25) is 0 Å². The van der Waals surface area contributed by atoms with Crippen molar-refractivity contribution < 1.29 is 14.3 Å². The van der Waals surface area contributed by atoms with Gasteiger partial charge in [-0.3, -0.25) is 9.78 Å². The third-order valence-electron chi connectivity index (χ3n) is 4.61. The normalized spacial score (nSPS) is 11.9. The van der Waals surface area contributed by atoms with Gasteiger partial charge in [0.2, 0.25) is 5.91 Å². The van der Waals surface area contributed by atoms with Crippen molar-refractivity contribution in [2.45, 2.75) is 45.8 Å². The van der Waals surface area contributed by atoms with Gasteiger partial charge in [0, 0.05) is 23.7 Å². The molecule has 0 saturated heterocycles. The lowest BCUT2D eigenvalue weighted by molar-refractivity contribution is -0.121. The summed E-state index contributed by atoms with van der Waals surface area (Å²) in [5.41, 5.74) is 2.78. The molecule has 0 aliphatic heterocycles. The zero-order valence-electron chi connectivity index (χ0n) is 17.7. The Bertz CT molecular complexity index is 973. The van der Waals surface area contributed by atoms with Crippen LogP contribution in [-0.4, -0.2) is 23.0 Å². The van der Waals surface area contributed by atoms with E-state index >= 15 is 0 Å². The van der Waals surface area contributed by atoms with Crippen molar-refractivity contribution in [1.29, 1.82) is 0 Å². The highest BCUT2D eigenvalue weighted by Gasteiger charge is 2.15. The predicted molar refractivity (Wildman–Crippen MR) is 118 cm³/mol. The number of ether oxygens (including phenoxy) is 2. The number of aromatic nitrogens is 2. The third-order valence-corrected chi connectivity index (χ3v) is 5.81. The summed E-state index contributed by atoms with van der Waals surface area (Å²) in [5.74, 6) is 1.60. The molecule has 6 nitrogen and oxygen atoms in total. The van der Waals surface area contributed by atoms with Gasteiger partial charge in [-0.1, -0.05) is 19.9 Å². The molecule has 2 aromatic heterocycles. The van der Waals surface area contributed by atoms with E-state index in [1.807, 2.05) is 42.6 Å². The maximum Gasteiger partial charge on any atom is 0.226 e. The second-order valence-electron chi connectivity index (χ2n) is 7.35. The number of rotatable bonds is 9.